The van der Waals surface area contributed by atoms with E-state index in [-0.39, 0.29) is 12.5 Å². The van der Waals surface area contributed by atoms with Crippen molar-refractivity contribution in [1.82, 2.24) is 9.78 Å². The fraction of sp³-hybridized carbons (Fsp3) is 0.263. The van der Waals surface area contributed by atoms with Gasteiger partial charge >= 0.3 is 0 Å². The van der Waals surface area contributed by atoms with Gasteiger partial charge in [0.1, 0.15) is 12.3 Å². The van der Waals surface area contributed by atoms with Crippen molar-refractivity contribution in [2.24, 2.45) is 0 Å². The average molecular weight is 358 g/mol. The maximum absolute atomic E-state index is 13.0. The van der Waals surface area contributed by atoms with Crippen molar-refractivity contribution >= 4 is 23.2 Å². The lowest BCUT2D eigenvalue weighted by Crippen LogP contribution is -2.33. The number of anilines is 1. The van der Waals surface area contributed by atoms with Crippen molar-refractivity contribution in [3.05, 3.63) is 70.4 Å². The molecule has 3 aromatic rings. The predicted molar refractivity (Wildman–Crippen MR) is 97.8 cm³/mol. The predicted octanol–water partition coefficient (Wildman–Crippen LogP) is 4.29. The Morgan fingerprint density at radius 2 is 1.92 bits per heavy atom. The molecule has 0 saturated heterocycles. The van der Waals surface area contributed by atoms with Crippen LogP contribution in [0, 0.1) is 20.8 Å². The van der Waals surface area contributed by atoms with Gasteiger partial charge in [-0.2, -0.15) is 5.10 Å². The zero-order valence-electron chi connectivity index (χ0n) is 14.5. The Bertz CT molecular complexity index is 867. The summed E-state index contributed by atoms with van der Waals surface area (Å²) in [5.41, 5.74) is 3.47. The molecule has 0 fully saturated rings. The number of carbonyl (C=O) groups excluding carboxylic acids is 1. The smallest absolute Gasteiger partial charge is 0.249 e. The number of hydrogen-bond acceptors (Lipinski definition) is 3. The van der Waals surface area contributed by atoms with Gasteiger partial charge in [0, 0.05) is 5.69 Å². The quantitative estimate of drug-likeness (QED) is 0.684. The molecule has 5 nitrogen and oxygen atoms in total. The van der Waals surface area contributed by atoms with Crippen LogP contribution in [0.4, 0.5) is 5.69 Å². The van der Waals surface area contributed by atoms with E-state index in [2.05, 4.69) is 5.10 Å². The Labute approximate surface area is 151 Å². The summed E-state index contributed by atoms with van der Waals surface area (Å²) in [6, 6.07) is 11.5. The molecular weight excluding hydrogens is 338 g/mol. The second kappa shape index (κ2) is 7.15. The van der Waals surface area contributed by atoms with Gasteiger partial charge in [-0.15, -0.1) is 0 Å². The molecule has 0 bridgehead atoms. The SMILES string of the molecule is Cc1ccc(N(Cc2ccco2)C(=O)Cn2nc(C)c(Cl)c2C)cc1. The summed E-state index contributed by atoms with van der Waals surface area (Å²) < 4.78 is 7.06. The molecule has 0 aliphatic rings. The largest absolute Gasteiger partial charge is 0.467 e. The first kappa shape index (κ1) is 17.3. The number of carbonyl (C=O) groups is 1. The molecule has 0 saturated carbocycles. The van der Waals surface area contributed by atoms with Crippen molar-refractivity contribution in [2.75, 3.05) is 4.90 Å². The van der Waals surface area contributed by atoms with Crippen molar-refractivity contribution in [1.29, 1.82) is 0 Å². The Morgan fingerprint density at radius 1 is 1.20 bits per heavy atom. The normalized spacial score (nSPS) is 10.9. The summed E-state index contributed by atoms with van der Waals surface area (Å²) in [6.45, 7) is 6.19. The van der Waals surface area contributed by atoms with Gasteiger partial charge in [-0.25, -0.2) is 0 Å². The lowest BCUT2D eigenvalue weighted by molar-refractivity contribution is -0.119. The molecule has 0 atom stereocenters. The van der Waals surface area contributed by atoms with Crippen molar-refractivity contribution in [3.63, 3.8) is 0 Å². The van der Waals surface area contributed by atoms with Crippen LogP contribution in [0.25, 0.3) is 0 Å². The molecule has 6 heteroatoms. The van der Waals surface area contributed by atoms with E-state index in [0.29, 0.717) is 11.6 Å². The number of furan rings is 1. The molecule has 0 unspecified atom stereocenters. The molecular formula is C19H20ClN3O2. The third kappa shape index (κ3) is 3.77. The number of amides is 1. The Balaban J connectivity index is 1.88. The standard InChI is InChI=1S/C19H20ClN3O2/c1-13-6-8-16(9-7-13)22(11-17-5-4-10-25-17)18(24)12-23-15(3)19(20)14(2)21-23/h4-10H,11-12H2,1-3H3. The summed E-state index contributed by atoms with van der Waals surface area (Å²) in [4.78, 5) is 14.7. The molecule has 3 rings (SSSR count). The molecule has 25 heavy (non-hydrogen) atoms. The van der Waals surface area contributed by atoms with Crippen LogP contribution in [0.3, 0.4) is 0 Å². The van der Waals surface area contributed by atoms with Gasteiger partial charge < -0.3 is 9.32 Å². The average Bonchev–Trinajstić information content (AvgIpc) is 3.19. The third-order valence-corrected chi connectivity index (χ3v) is 4.67. The molecule has 0 radical (unpaired) electrons. The van der Waals surface area contributed by atoms with Crippen LogP contribution in [-0.4, -0.2) is 15.7 Å². The van der Waals surface area contributed by atoms with Crippen LogP contribution in [0.15, 0.2) is 47.1 Å². The summed E-state index contributed by atoms with van der Waals surface area (Å²) in [7, 11) is 0. The maximum atomic E-state index is 13.0. The van der Waals surface area contributed by atoms with Crippen LogP contribution in [-0.2, 0) is 17.9 Å². The van der Waals surface area contributed by atoms with E-state index in [1.807, 2.05) is 57.2 Å². The molecule has 2 aromatic heterocycles. The Hall–Kier alpha value is -2.53. The summed E-state index contributed by atoms with van der Waals surface area (Å²) >= 11 is 6.19. The minimum atomic E-state index is -0.0810. The Morgan fingerprint density at radius 3 is 2.48 bits per heavy atom. The summed E-state index contributed by atoms with van der Waals surface area (Å²) in [5, 5.41) is 4.95. The highest BCUT2D eigenvalue weighted by Crippen LogP contribution is 2.22. The fourth-order valence-corrected chi connectivity index (χ4v) is 2.78. The number of aryl methyl sites for hydroxylation is 2. The number of halogens is 1. The van der Waals surface area contributed by atoms with Gasteiger partial charge in [0.25, 0.3) is 0 Å². The van der Waals surface area contributed by atoms with Crippen LogP contribution in [0.2, 0.25) is 5.02 Å². The lowest BCUT2D eigenvalue weighted by Gasteiger charge is -2.22. The molecule has 0 spiro atoms. The highest BCUT2D eigenvalue weighted by molar-refractivity contribution is 6.31. The van der Waals surface area contributed by atoms with E-state index in [4.69, 9.17) is 16.0 Å². The first-order chi connectivity index (χ1) is 12.0. The molecule has 1 aromatic carbocycles. The van der Waals surface area contributed by atoms with Gasteiger partial charge in [-0.3, -0.25) is 9.48 Å². The third-order valence-electron chi connectivity index (χ3n) is 4.12. The number of aromatic nitrogens is 2. The van der Waals surface area contributed by atoms with Gasteiger partial charge in [0.05, 0.1) is 29.2 Å². The Kier molecular flexibility index (Phi) is 4.95. The van der Waals surface area contributed by atoms with E-state index >= 15 is 0 Å². The van der Waals surface area contributed by atoms with E-state index in [1.54, 1.807) is 15.8 Å². The molecule has 1 amide bonds. The number of benzene rings is 1. The zero-order valence-corrected chi connectivity index (χ0v) is 15.2. The van der Waals surface area contributed by atoms with Crippen LogP contribution in [0.5, 0.6) is 0 Å². The van der Waals surface area contributed by atoms with Gasteiger partial charge in [0.15, 0.2) is 0 Å². The molecule has 0 aliphatic carbocycles. The zero-order chi connectivity index (χ0) is 18.0. The van der Waals surface area contributed by atoms with Crippen molar-refractivity contribution in [3.8, 4) is 0 Å². The van der Waals surface area contributed by atoms with Crippen molar-refractivity contribution in [2.45, 2.75) is 33.9 Å². The van der Waals surface area contributed by atoms with Crippen LogP contribution < -0.4 is 4.90 Å². The highest BCUT2D eigenvalue weighted by atomic mass is 35.5. The molecule has 0 N–H and O–H groups in total. The number of hydrogen-bond donors (Lipinski definition) is 0. The monoisotopic (exact) mass is 357 g/mol. The second-order valence-electron chi connectivity index (χ2n) is 6.04. The molecule has 0 aliphatic heterocycles. The fourth-order valence-electron chi connectivity index (χ4n) is 2.65. The molecule has 2 heterocycles. The van der Waals surface area contributed by atoms with E-state index in [9.17, 15) is 4.79 Å². The van der Waals surface area contributed by atoms with Gasteiger partial charge in [0.2, 0.25) is 5.91 Å². The minimum absolute atomic E-state index is 0.0810. The summed E-state index contributed by atoms with van der Waals surface area (Å²) in [5.74, 6) is 0.642. The maximum Gasteiger partial charge on any atom is 0.249 e. The topological polar surface area (TPSA) is 51.3 Å². The van der Waals surface area contributed by atoms with E-state index in [1.165, 1.54) is 0 Å². The minimum Gasteiger partial charge on any atom is -0.467 e. The van der Waals surface area contributed by atoms with Crippen molar-refractivity contribution < 1.29 is 9.21 Å². The second-order valence-corrected chi connectivity index (χ2v) is 6.42. The first-order valence-electron chi connectivity index (χ1n) is 8.04. The highest BCUT2D eigenvalue weighted by Gasteiger charge is 2.20. The van der Waals surface area contributed by atoms with E-state index < -0.39 is 0 Å². The molecule has 130 valence electrons. The van der Waals surface area contributed by atoms with E-state index in [0.717, 1.165) is 28.4 Å². The van der Waals surface area contributed by atoms with Gasteiger partial charge in [-0.05, 0) is 45.0 Å². The van der Waals surface area contributed by atoms with Gasteiger partial charge in [-0.1, -0.05) is 29.3 Å². The van der Waals surface area contributed by atoms with Crippen LogP contribution in [0.1, 0.15) is 22.7 Å². The first-order valence-corrected chi connectivity index (χ1v) is 8.42. The summed E-state index contributed by atoms with van der Waals surface area (Å²) in [6.07, 6.45) is 1.61. The number of rotatable bonds is 5. The number of nitrogens with zero attached hydrogens (tertiary/aromatic N) is 3. The lowest BCUT2D eigenvalue weighted by atomic mass is 10.2. The van der Waals surface area contributed by atoms with Crippen LogP contribution >= 0.6 is 11.6 Å².